The molecule has 0 saturated heterocycles. The maximum atomic E-state index is 9.47. The molecule has 2 nitrogen and oxygen atoms in total. The van der Waals surface area contributed by atoms with Gasteiger partial charge in [0.05, 0.1) is 6.07 Å². The van der Waals surface area contributed by atoms with E-state index in [1.165, 1.54) is 38.5 Å². The zero-order valence-corrected chi connectivity index (χ0v) is 11.0. The van der Waals surface area contributed by atoms with Crippen molar-refractivity contribution >= 4 is 11.8 Å². The van der Waals surface area contributed by atoms with Crippen molar-refractivity contribution in [2.45, 2.75) is 56.2 Å². The fourth-order valence-corrected chi connectivity index (χ4v) is 4.24. The molecule has 2 aliphatic rings. The van der Waals surface area contributed by atoms with Gasteiger partial charge in [0.15, 0.2) is 0 Å². The Morgan fingerprint density at radius 2 is 2.00 bits per heavy atom. The van der Waals surface area contributed by atoms with Gasteiger partial charge >= 0.3 is 0 Å². The third-order valence-electron chi connectivity index (χ3n) is 3.81. The van der Waals surface area contributed by atoms with Gasteiger partial charge in [0, 0.05) is 11.0 Å². The average Bonchev–Trinajstić information content (AvgIpc) is 3.03. The van der Waals surface area contributed by atoms with Crippen molar-refractivity contribution in [2.24, 2.45) is 5.92 Å². The second kappa shape index (κ2) is 5.42. The van der Waals surface area contributed by atoms with E-state index in [9.17, 15) is 5.26 Å². The average molecular weight is 238 g/mol. The molecule has 0 aromatic carbocycles. The van der Waals surface area contributed by atoms with Crippen LogP contribution in [-0.4, -0.2) is 23.1 Å². The SMILES string of the molecule is CCNC(C#N)(CSC1CCCC1)C1CC1. The van der Waals surface area contributed by atoms with Gasteiger partial charge in [-0.25, -0.2) is 0 Å². The lowest BCUT2D eigenvalue weighted by Gasteiger charge is -2.28. The molecule has 0 spiro atoms. The largest absolute Gasteiger partial charge is 0.299 e. The predicted octanol–water partition coefficient (Wildman–Crippen LogP) is 2.94. The van der Waals surface area contributed by atoms with Crippen LogP contribution in [-0.2, 0) is 0 Å². The zero-order chi connectivity index (χ0) is 11.4. The third-order valence-corrected chi connectivity index (χ3v) is 5.38. The molecule has 0 aromatic heterocycles. The molecule has 90 valence electrons. The van der Waals surface area contributed by atoms with Gasteiger partial charge in [-0.3, -0.25) is 5.32 Å². The molecule has 0 aliphatic heterocycles. The highest BCUT2D eigenvalue weighted by Crippen LogP contribution is 2.42. The van der Waals surface area contributed by atoms with E-state index >= 15 is 0 Å². The lowest BCUT2D eigenvalue weighted by Crippen LogP contribution is -2.48. The molecule has 1 N–H and O–H groups in total. The molecular weight excluding hydrogens is 216 g/mol. The lowest BCUT2D eigenvalue weighted by molar-refractivity contribution is 0.415. The van der Waals surface area contributed by atoms with Gasteiger partial charge in [-0.2, -0.15) is 17.0 Å². The highest BCUT2D eigenvalue weighted by atomic mass is 32.2. The number of nitrogens with one attached hydrogen (secondary N) is 1. The standard InChI is InChI=1S/C13H22N2S/c1-2-15-13(9-14,11-7-8-11)10-16-12-5-3-4-6-12/h11-12,15H,2-8,10H2,1H3. The summed E-state index contributed by atoms with van der Waals surface area (Å²) in [7, 11) is 0. The second-order valence-electron chi connectivity index (χ2n) is 5.11. The van der Waals surface area contributed by atoms with Crippen LogP contribution in [0.1, 0.15) is 45.4 Å². The molecule has 1 atom stereocenters. The molecule has 0 heterocycles. The summed E-state index contributed by atoms with van der Waals surface area (Å²) in [6, 6.07) is 2.57. The van der Waals surface area contributed by atoms with Crippen molar-refractivity contribution in [1.29, 1.82) is 5.26 Å². The molecule has 0 amide bonds. The Morgan fingerprint density at radius 1 is 1.31 bits per heavy atom. The molecule has 16 heavy (non-hydrogen) atoms. The van der Waals surface area contributed by atoms with Gasteiger partial charge in [0.25, 0.3) is 0 Å². The number of nitriles is 1. The Morgan fingerprint density at radius 3 is 2.50 bits per heavy atom. The van der Waals surface area contributed by atoms with Gasteiger partial charge in [-0.1, -0.05) is 19.8 Å². The molecule has 3 heteroatoms. The summed E-state index contributed by atoms with van der Waals surface area (Å²) in [5.74, 6) is 1.61. The molecule has 2 fully saturated rings. The third kappa shape index (κ3) is 2.73. The van der Waals surface area contributed by atoms with Crippen LogP contribution >= 0.6 is 11.8 Å². The van der Waals surface area contributed by atoms with Crippen molar-refractivity contribution in [3.05, 3.63) is 0 Å². The van der Waals surface area contributed by atoms with E-state index in [-0.39, 0.29) is 5.54 Å². The van der Waals surface area contributed by atoms with Crippen molar-refractivity contribution in [3.63, 3.8) is 0 Å². The smallest absolute Gasteiger partial charge is 0.118 e. The predicted molar refractivity (Wildman–Crippen MR) is 69.5 cm³/mol. The van der Waals surface area contributed by atoms with Crippen molar-refractivity contribution < 1.29 is 0 Å². The van der Waals surface area contributed by atoms with E-state index in [0.717, 1.165) is 17.5 Å². The molecule has 2 rings (SSSR count). The monoisotopic (exact) mass is 238 g/mol. The maximum absolute atomic E-state index is 9.47. The van der Waals surface area contributed by atoms with Crippen LogP contribution in [0.5, 0.6) is 0 Å². The first-order chi connectivity index (χ1) is 7.80. The highest BCUT2D eigenvalue weighted by Gasteiger charge is 2.45. The summed E-state index contributed by atoms with van der Waals surface area (Å²) in [6.45, 7) is 3.02. The van der Waals surface area contributed by atoms with E-state index in [0.29, 0.717) is 5.92 Å². The normalized spacial score (nSPS) is 25.2. The molecule has 0 bridgehead atoms. The highest BCUT2D eigenvalue weighted by molar-refractivity contribution is 8.00. The van der Waals surface area contributed by atoms with Crippen LogP contribution in [0.3, 0.4) is 0 Å². The van der Waals surface area contributed by atoms with E-state index in [1.807, 2.05) is 11.8 Å². The summed E-state index contributed by atoms with van der Waals surface area (Å²) >= 11 is 2.04. The summed E-state index contributed by atoms with van der Waals surface area (Å²) in [4.78, 5) is 0. The van der Waals surface area contributed by atoms with E-state index in [4.69, 9.17) is 0 Å². The molecule has 2 aliphatic carbocycles. The number of rotatable bonds is 6. The van der Waals surface area contributed by atoms with Crippen LogP contribution in [0.2, 0.25) is 0 Å². The second-order valence-corrected chi connectivity index (χ2v) is 6.39. The van der Waals surface area contributed by atoms with Gasteiger partial charge in [-0.05, 0) is 38.1 Å². The summed E-state index contributed by atoms with van der Waals surface area (Å²) in [5, 5.41) is 13.7. The number of hydrogen-bond acceptors (Lipinski definition) is 3. The van der Waals surface area contributed by atoms with E-state index < -0.39 is 0 Å². The zero-order valence-electron chi connectivity index (χ0n) is 10.2. The fourth-order valence-electron chi connectivity index (χ4n) is 2.67. The quantitative estimate of drug-likeness (QED) is 0.773. The first-order valence-electron chi connectivity index (χ1n) is 6.58. The Bertz CT molecular complexity index is 264. The molecule has 0 radical (unpaired) electrons. The topological polar surface area (TPSA) is 35.8 Å². The molecule has 2 saturated carbocycles. The van der Waals surface area contributed by atoms with Crippen LogP contribution < -0.4 is 5.32 Å². The molecule has 1 unspecified atom stereocenters. The Balaban J connectivity index is 1.88. The summed E-state index contributed by atoms with van der Waals surface area (Å²) < 4.78 is 0. The van der Waals surface area contributed by atoms with E-state index in [2.05, 4.69) is 18.3 Å². The minimum absolute atomic E-state index is 0.220. The number of nitrogens with zero attached hydrogens (tertiary/aromatic N) is 1. The summed E-state index contributed by atoms with van der Waals surface area (Å²) in [5.41, 5.74) is -0.220. The van der Waals surface area contributed by atoms with Crippen LogP contribution in [0.15, 0.2) is 0 Å². The Hall–Kier alpha value is -0.200. The molecule has 0 aromatic rings. The van der Waals surface area contributed by atoms with Gasteiger partial charge < -0.3 is 0 Å². The lowest BCUT2D eigenvalue weighted by atomic mass is 9.98. The Labute approximate surface area is 103 Å². The summed E-state index contributed by atoms with van der Waals surface area (Å²) in [6.07, 6.45) is 7.99. The molecular formula is C13H22N2S. The fraction of sp³-hybridized carbons (Fsp3) is 0.923. The minimum atomic E-state index is -0.220. The van der Waals surface area contributed by atoms with E-state index in [1.54, 1.807) is 0 Å². The maximum Gasteiger partial charge on any atom is 0.118 e. The number of thioether (sulfide) groups is 1. The van der Waals surface area contributed by atoms with Gasteiger partial charge in [0.1, 0.15) is 5.54 Å². The number of hydrogen-bond donors (Lipinski definition) is 1. The minimum Gasteiger partial charge on any atom is -0.299 e. The first kappa shape index (κ1) is 12.3. The Kier molecular flexibility index (Phi) is 4.16. The first-order valence-corrected chi connectivity index (χ1v) is 7.63. The van der Waals surface area contributed by atoms with Crippen molar-refractivity contribution in [1.82, 2.24) is 5.32 Å². The van der Waals surface area contributed by atoms with Crippen molar-refractivity contribution in [2.75, 3.05) is 12.3 Å². The van der Waals surface area contributed by atoms with Gasteiger partial charge in [0.2, 0.25) is 0 Å². The van der Waals surface area contributed by atoms with Crippen molar-refractivity contribution in [3.8, 4) is 6.07 Å². The van der Waals surface area contributed by atoms with Crippen LogP contribution in [0.4, 0.5) is 0 Å². The van der Waals surface area contributed by atoms with Gasteiger partial charge in [-0.15, -0.1) is 0 Å². The van der Waals surface area contributed by atoms with Crippen LogP contribution in [0, 0.1) is 17.2 Å². The van der Waals surface area contributed by atoms with Crippen LogP contribution in [0.25, 0.3) is 0 Å².